The summed E-state index contributed by atoms with van der Waals surface area (Å²) in [7, 11) is 1.55. The fourth-order valence-electron chi connectivity index (χ4n) is 2.31. The Balaban J connectivity index is 2.38. The van der Waals surface area contributed by atoms with Crippen molar-refractivity contribution in [1.29, 1.82) is 0 Å². The van der Waals surface area contributed by atoms with E-state index in [0.717, 1.165) is 5.56 Å². The van der Waals surface area contributed by atoms with Gasteiger partial charge in [0.1, 0.15) is 5.75 Å². The van der Waals surface area contributed by atoms with Crippen molar-refractivity contribution in [3.05, 3.63) is 63.6 Å². The quantitative estimate of drug-likeness (QED) is 0.879. The Bertz CT molecular complexity index is 602. The smallest absolute Gasteiger partial charge is 0.124 e. The first-order chi connectivity index (χ1) is 10.1. The van der Waals surface area contributed by atoms with Crippen LogP contribution in [0.2, 0.25) is 10.0 Å². The van der Waals surface area contributed by atoms with Crippen LogP contribution < -0.4 is 10.5 Å². The number of benzene rings is 2. The van der Waals surface area contributed by atoms with E-state index in [-0.39, 0.29) is 5.92 Å². The van der Waals surface area contributed by atoms with Crippen molar-refractivity contribution in [2.45, 2.75) is 12.0 Å². The van der Waals surface area contributed by atoms with Gasteiger partial charge in [0.25, 0.3) is 0 Å². The van der Waals surface area contributed by atoms with E-state index in [4.69, 9.17) is 33.7 Å². The predicted octanol–water partition coefficient (Wildman–Crippen LogP) is 3.78. The lowest BCUT2D eigenvalue weighted by atomic mass is 9.89. The molecule has 0 saturated heterocycles. The van der Waals surface area contributed by atoms with Crippen LogP contribution in [-0.2, 0) is 0 Å². The van der Waals surface area contributed by atoms with Gasteiger partial charge >= 0.3 is 0 Å². The van der Waals surface area contributed by atoms with E-state index >= 15 is 0 Å². The van der Waals surface area contributed by atoms with Crippen molar-refractivity contribution in [3.63, 3.8) is 0 Å². The Morgan fingerprint density at radius 2 is 1.71 bits per heavy atom. The summed E-state index contributed by atoms with van der Waals surface area (Å²) in [4.78, 5) is 0. The van der Waals surface area contributed by atoms with Gasteiger partial charge in [-0.15, -0.1) is 0 Å². The van der Waals surface area contributed by atoms with E-state index in [1.165, 1.54) is 0 Å². The third-order valence-corrected chi connectivity index (χ3v) is 3.93. The second-order valence-corrected chi connectivity index (χ2v) is 5.60. The average Bonchev–Trinajstić information content (AvgIpc) is 2.49. The van der Waals surface area contributed by atoms with Gasteiger partial charge in [-0.3, -0.25) is 0 Å². The highest BCUT2D eigenvalue weighted by Crippen LogP contribution is 2.36. The predicted molar refractivity (Wildman–Crippen MR) is 86.2 cm³/mol. The molecule has 3 nitrogen and oxygen atoms in total. The molecule has 2 aromatic carbocycles. The molecule has 2 atom stereocenters. The van der Waals surface area contributed by atoms with Crippen molar-refractivity contribution in [1.82, 2.24) is 0 Å². The highest BCUT2D eigenvalue weighted by Gasteiger charge is 2.24. The van der Waals surface area contributed by atoms with Crippen LogP contribution in [0.25, 0.3) is 0 Å². The normalized spacial score (nSPS) is 13.8. The molecule has 2 unspecified atom stereocenters. The first kappa shape index (κ1) is 16.1. The zero-order valence-electron chi connectivity index (χ0n) is 11.6. The Morgan fingerprint density at radius 3 is 2.29 bits per heavy atom. The second-order valence-electron chi connectivity index (χ2n) is 4.72. The summed E-state index contributed by atoms with van der Waals surface area (Å²) < 4.78 is 5.29. The molecule has 0 heterocycles. The van der Waals surface area contributed by atoms with Gasteiger partial charge in [0.05, 0.1) is 13.2 Å². The number of aliphatic hydroxyl groups excluding tert-OH is 1. The average molecular weight is 326 g/mol. The van der Waals surface area contributed by atoms with Gasteiger partial charge in [-0.1, -0.05) is 35.3 Å². The number of rotatable bonds is 5. The molecule has 0 bridgehead atoms. The van der Waals surface area contributed by atoms with Crippen molar-refractivity contribution < 1.29 is 9.84 Å². The molecule has 0 aromatic heterocycles. The third-order valence-electron chi connectivity index (χ3n) is 3.44. The third kappa shape index (κ3) is 3.69. The van der Waals surface area contributed by atoms with Gasteiger partial charge in [0, 0.05) is 28.1 Å². The van der Waals surface area contributed by atoms with E-state index < -0.39 is 6.10 Å². The molecule has 0 spiro atoms. The fourth-order valence-corrected chi connectivity index (χ4v) is 2.62. The summed E-state index contributed by atoms with van der Waals surface area (Å²) in [6, 6.07) is 12.4. The minimum Gasteiger partial charge on any atom is -0.496 e. The molecule has 0 aliphatic heterocycles. The molecular weight excluding hydrogens is 309 g/mol. The zero-order chi connectivity index (χ0) is 15.4. The van der Waals surface area contributed by atoms with E-state index in [0.29, 0.717) is 27.9 Å². The topological polar surface area (TPSA) is 55.5 Å². The largest absolute Gasteiger partial charge is 0.496 e. The van der Waals surface area contributed by atoms with Gasteiger partial charge in [0.2, 0.25) is 0 Å². The monoisotopic (exact) mass is 325 g/mol. The molecule has 0 saturated carbocycles. The number of aliphatic hydroxyl groups is 1. The Morgan fingerprint density at radius 1 is 1.10 bits per heavy atom. The van der Waals surface area contributed by atoms with Crippen LogP contribution in [0.15, 0.2) is 42.5 Å². The van der Waals surface area contributed by atoms with Gasteiger partial charge in [0.15, 0.2) is 0 Å². The highest BCUT2D eigenvalue weighted by molar-refractivity contribution is 6.30. The van der Waals surface area contributed by atoms with E-state index in [9.17, 15) is 5.11 Å². The number of methoxy groups -OCH3 is 1. The lowest BCUT2D eigenvalue weighted by molar-refractivity contribution is 0.144. The SMILES string of the molecule is COc1ccc(Cl)cc1C(O)C(CN)c1ccc(Cl)cc1. The molecule has 2 rings (SSSR count). The Labute approximate surface area is 134 Å². The van der Waals surface area contributed by atoms with Crippen LogP contribution in [0.4, 0.5) is 0 Å². The molecule has 21 heavy (non-hydrogen) atoms. The molecule has 0 radical (unpaired) electrons. The number of hydrogen-bond acceptors (Lipinski definition) is 3. The molecule has 2 aromatic rings. The fraction of sp³-hybridized carbons (Fsp3) is 0.250. The summed E-state index contributed by atoms with van der Waals surface area (Å²) >= 11 is 11.9. The van der Waals surface area contributed by atoms with Crippen LogP contribution in [0.3, 0.4) is 0 Å². The maximum atomic E-state index is 10.7. The highest BCUT2D eigenvalue weighted by atomic mass is 35.5. The standard InChI is InChI=1S/C16H17Cl2NO2/c1-21-15-7-6-12(18)8-13(15)16(20)14(9-19)10-2-4-11(17)5-3-10/h2-8,14,16,20H,9,19H2,1H3. The van der Waals surface area contributed by atoms with Gasteiger partial charge < -0.3 is 15.6 Å². The number of halogens is 2. The number of nitrogens with two attached hydrogens (primary N) is 1. The molecule has 0 aliphatic carbocycles. The molecule has 0 amide bonds. The Kier molecular flexibility index (Phi) is 5.48. The molecule has 3 N–H and O–H groups in total. The minimum atomic E-state index is -0.815. The van der Waals surface area contributed by atoms with E-state index in [1.54, 1.807) is 37.4 Å². The van der Waals surface area contributed by atoms with Crippen LogP contribution in [0, 0.1) is 0 Å². The van der Waals surface area contributed by atoms with Crippen LogP contribution in [0.5, 0.6) is 5.75 Å². The zero-order valence-corrected chi connectivity index (χ0v) is 13.1. The van der Waals surface area contributed by atoms with Crippen LogP contribution >= 0.6 is 23.2 Å². The Hall–Kier alpha value is -1.26. The molecule has 5 heteroatoms. The lowest BCUT2D eigenvalue weighted by Crippen LogP contribution is -2.20. The van der Waals surface area contributed by atoms with Crippen molar-refractivity contribution in [2.75, 3.05) is 13.7 Å². The van der Waals surface area contributed by atoms with Crippen molar-refractivity contribution in [2.24, 2.45) is 5.73 Å². The second kappa shape index (κ2) is 7.14. The van der Waals surface area contributed by atoms with Crippen molar-refractivity contribution in [3.8, 4) is 5.75 Å². The molecule has 112 valence electrons. The van der Waals surface area contributed by atoms with E-state index in [1.807, 2.05) is 12.1 Å². The van der Waals surface area contributed by atoms with Crippen LogP contribution in [-0.4, -0.2) is 18.8 Å². The van der Waals surface area contributed by atoms with Gasteiger partial charge in [-0.05, 0) is 35.9 Å². The minimum absolute atomic E-state index is 0.269. The lowest BCUT2D eigenvalue weighted by Gasteiger charge is -2.24. The number of hydrogen-bond donors (Lipinski definition) is 2. The molecule has 0 fully saturated rings. The van der Waals surface area contributed by atoms with E-state index in [2.05, 4.69) is 0 Å². The molecular formula is C16H17Cl2NO2. The summed E-state index contributed by atoms with van der Waals surface area (Å²) in [5.74, 6) is 0.314. The maximum absolute atomic E-state index is 10.7. The summed E-state index contributed by atoms with van der Waals surface area (Å²) in [6.45, 7) is 0.290. The van der Waals surface area contributed by atoms with Crippen molar-refractivity contribution >= 4 is 23.2 Å². The maximum Gasteiger partial charge on any atom is 0.124 e. The first-order valence-corrected chi connectivity index (χ1v) is 7.29. The van der Waals surface area contributed by atoms with Gasteiger partial charge in [-0.2, -0.15) is 0 Å². The summed E-state index contributed by atoms with van der Waals surface area (Å²) in [5, 5.41) is 11.9. The van der Waals surface area contributed by atoms with Gasteiger partial charge in [-0.25, -0.2) is 0 Å². The first-order valence-electron chi connectivity index (χ1n) is 6.54. The number of ether oxygens (including phenoxy) is 1. The van der Waals surface area contributed by atoms with Crippen LogP contribution in [0.1, 0.15) is 23.1 Å². The summed E-state index contributed by atoms with van der Waals surface area (Å²) in [5.41, 5.74) is 7.38. The molecule has 0 aliphatic rings. The summed E-state index contributed by atoms with van der Waals surface area (Å²) in [6.07, 6.45) is -0.815.